The van der Waals surface area contributed by atoms with Gasteiger partial charge >= 0.3 is 18.2 Å². The first kappa shape index (κ1) is 36.6. The SMILES string of the molecule is COC(=O)NCCOC(c1cccc(Cl)c1)c1cc(C(=O)O)cc(C(=O)N[C@@H](CC2CCCCC2)CN(C)C(=O)OC(C)(C)C)c1. The van der Waals surface area contributed by atoms with Crippen molar-refractivity contribution in [3.63, 3.8) is 0 Å². The van der Waals surface area contributed by atoms with Crippen LogP contribution in [0.5, 0.6) is 0 Å². The number of carbonyl (C=O) groups is 4. The molecule has 0 radical (unpaired) electrons. The molecule has 3 amide bonds. The highest BCUT2D eigenvalue weighted by atomic mass is 35.5. The van der Waals surface area contributed by atoms with Crippen molar-refractivity contribution < 1.29 is 38.5 Å². The van der Waals surface area contributed by atoms with Gasteiger partial charge in [0.1, 0.15) is 11.7 Å². The summed E-state index contributed by atoms with van der Waals surface area (Å²) >= 11 is 6.27. The zero-order valence-corrected chi connectivity index (χ0v) is 28.0. The Bertz CT molecular complexity index is 1360. The first-order valence-corrected chi connectivity index (χ1v) is 16.0. The third-order valence-corrected chi connectivity index (χ3v) is 7.87. The van der Waals surface area contributed by atoms with E-state index in [0.29, 0.717) is 28.5 Å². The molecule has 11 nitrogen and oxygen atoms in total. The van der Waals surface area contributed by atoms with Crippen molar-refractivity contribution in [1.29, 1.82) is 0 Å². The minimum atomic E-state index is -1.21. The maximum Gasteiger partial charge on any atom is 0.410 e. The standard InChI is InChI=1S/C34H46ClN3O8/c1-34(2,3)46-33(43)38(4)21-28(16-22-10-7-6-8-11-22)37-30(39)25-17-24(18-26(19-25)31(40)41)29(23-12-9-13-27(35)20-23)45-15-14-36-32(42)44-5/h9,12-13,17-20,22,28-29H,6-8,10-11,14-16,21H2,1-5H3,(H,36,42)(H,37,39)(H,40,41)/t28-,29?/m0/s1. The number of likely N-dealkylation sites (N-methyl/N-ethyl adjacent to an activating group) is 1. The minimum absolute atomic E-state index is 0.0611. The number of hydrogen-bond donors (Lipinski definition) is 3. The van der Waals surface area contributed by atoms with E-state index in [0.717, 1.165) is 25.7 Å². The number of rotatable bonds is 13. The topological polar surface area (TPSA) is 144 Å². The third-order valence-electron chi connectivity index (χ3n) is 7.64. The Balaban J connectivity index is 1.91. The van der Waals surface area contributed by atoms with Crippen molar-refractivity contribution in [2.24, 2.45) is 5.92 Å². The number of ether oxygens (including phenoxy) is 3. The number of nitrogens with zero attached hydrogens (tertiary/aromatic N) is 1. The number of amides is 3. The number of hydrogen-bond acceptors (Lipinski definition) is 7. The highest BCUT2D eigenvalue weighted by Crippen LogP contribution is 2.31. The summed E-state index contributed by atoms with van der Waals surface area (Å²) in [4.78, 5) is 51.8. The van der Waals surface area contributed by atoms with Gasteiger partial charge in [0.25, 0.3) is 5.91 Å². The molecule has 2 aromatic rings. The first-order valence-electron chi connectivity index (χ1n) is 15.6. The number of carbonyl (C=O) groups excluding carboxylic acids is 3. The van der Waals surface area contributed by atoms with E-state index in [1.807, 2.05) is 0 Å². The largest absolute Gasteiger partial charge is 0.478 e. The van der Waals surface area contributed by atoms with Gasteiger partial charge < -0.3 is 34.9 Å². The Kier molecular flexibility index (Phi) is 13.7. The molecule has 3 N–H and O–H groups in total. The van der Waals surface area contributed by atoms with Gasteiger partial charge in [-0.25, -0.2) is 14.4 Å². The van der Waals surface area contributed by atoms with Gasteiger partial charge in [0.05, 0.1) is 19.3 Å². The zero-order valence-electron chi connectivity index (χ0n) is 27.3. The van der Waals surface area contributed by atoms with Crippen LogP contribution < -0.4 is 10.6 Å². The molecule has 0 bridgehead atoms. The molecule has 0 saturated heterocycles. The maximum absolute atomic E-state index is 13.8. The van der Waals surface area contributed by atoms with E-state index in [4.69, 9.17) is 21.1 Å². The van der Waals surface area contributed by atoms with Crippen LogP contribution in [0, 0.1) is 5.92 Å². The van der Waals surface area contributed by atoms with Gasteiger partial charge in [-0.2, -0.15) is 0 Å². The Hall–Kier alpha value is -3.83. The van der Waals surface area contributed by atoms with E-state index in [9.17, 15) is 24.3 Å². The van der Waals surface area contributed by atoms with Crippen molar-refractivity contribution in [2.45, 2.75) is 77.0 Å². The molecule has 3 rings (SSSR count). The van der Waals surface area contributed by atoms with E-state index in [2.05, 4.69) is 15.4 Å². The number of carboxylic acids is 1. The number of nitrogens with one attached hydrogen (secondary N) is 2. The molecule has 2 aromatic carbocycles. The van der Waals surface area contributed by atoms with Gasteiger partial charge in [-0.3, -0.25) is 4.79 Å². The average Bonchev–Trinajstić information content (AvgIpc) is 3.00. The molecule has 1 aliphatic rings. The predicted molar refractivity (Wildman–Crippen MR) is 174 cm³/mol. The molecule has 46 heavy (non-hydrogen) atoms. The van der Waals surface area contributed by atoms with Crippen molar-refractivity contribution in [2.75, 3.05) is 33.9 Å². The normalized spacial score (nSPS) is 14.9. The summed E-state index contributed by atoms with van der Waals surface area (Å²) in [5, 5.41) is 16.0. The molecule has 12 heteroatoms. The molecule has 2 atom stereocenters. The van der Waals surface area contributed by atoms with Crippen LogP contribution in [0.25, 0.3) is 0 Å². The lowest BCUT2D eigenvalue weighted by atomic mass is 9.84. The molecule has 1 fully saturated rings. The van der Waals surface area contributed by atoms with Crippen LogP contribution in [-0.2, 0) is 14.2 Å². The number of aromatic carboxylic acids is 1. The second kappa shape index (κ2) is 17.2. The molecule has 0 spiro atoms. The summed E-state index contributed by atoms with van der Waals surface area (Å²) in [6, 6.07) is 10.9. The molecule has 252 valence electrons. The lowest BCUT2D eigenvalue weighted by molar-refractivity contribution is 0.0274. The van der Waals surface area contributed by atoms with Crippen LogP contribution in [0.1, 0.15) is 97.2 Å². The van der Waals surface area contributed by atoms with Crippen molar-refractivity contribution in [1.82, 2.24) is 15.5 Å². The second-order valence-electron chi connectivity index (χ2n) is 12.6. The Labute approximate surface area is 275 Å². The van der Waals surface area contributed by atoms with Gasteiger partial charge in [0.15, 0.2) is 0 Å². The van der Waals surface area contributed by atoms with E-state index in [1.54, 1.807) is 58.2 Å². The molecule has 0 aliphatic heterocycles. The van der Waals surface area contributed by atoms with Gasteiger partial charge in [0, 0.05) is 36.8 Å². The fourth-order valence-electron chi connectivity index (χ4n) is 5.53. The quantitative estimate of drug-likeness (QED) is 0.209. The highest BCUT2D eigenvalue weighted by Gasteiger charge is 2.27. The third kappa shape index (κ3) is 11.8. The minimum Gasteiger partial charge on any atom is -0.478 e. The van der Waals surface area contributed by atoms with E-state index < -0.39 is 41.8 Å². The fraction of sp³-hybridized carbons (Fsp3) is 0.529. The van der Waals surface area contributed by atoms with Crippen LogP contribution in [0.4, 0.5) is 9.59 Å². The molecule has 1 unspecified atom stereocenters. The summed E-state index contributed by atoms with van der Waals surface area (Å²) in [5.41, 5.74) is 0.416. The lowest BCUT2D eigenvalue weighted by Gasteiger charge is -2.31. The number of carboxylic acid groups (broad SMARTS) is 1. The number of alkyl carbamates (subject to hydrolysis) is 1. The Morgan fingerprint density at radius 3 is 2.35 bits per heavy atom. The van der Waals surface area contributed by atoms with Crippen molar-refractivity contribution in [3.8, 4) is 0 Å². The molecule has 0 heterocycles. The number of halogens is 1. The van der Waals surface area contributed by atoms with Crippen molar-refractivity contribution >= 4 is 35.7 Å². The molecule has 0 aromatic heterocycles. The van der Waals surface area contributed by atoms with Crippen LogP contribution in [0.3, 0.4) is 0 Å². The van der Waals surface area contributed by atoms with Gasteiger partial charge in [-0.15, -0.1) is 0 Å². The van der Waals surface area contributed by atoms with E-state index in [-0.39, 0.29) is 30.8 Å². The number of benzene rings is 2. The fourth-order valence-corrected chi connectivity index (χ4v) is 5.73. The molecule has 1 saturated carbocycles. The summed E-state index contributed by atoms with van der Waals surface area (Å²) in [6.45, 7) is 5.80. The monoisotopic (exact) mass is 659 g/mol. The summed E-state index contributed by atoms with van der Waals surface area (Å²) in [7, 11) is 2.89. The lowest BCUT2D eigenvalue weighted by Crippen LogP contribution is -2.46. The van der Waals surface area contributed by atoms with Crippen LogP contribution >= 0.6 is 11.6 Å². The van der Waals surface area contributed by atoms with Gasteiger partial charge in [-0.05, 0) is 74.6 Å². The maximum atomic E-state index is 13.8. The van der Waals surface area contributed by atoms with Crippen molar-refractivity contribution in [3.05, 3.63) is 69.7 Å². The molecular weight excluding hydrogens is 614 g/mol. The average molecular weight is 660 g/mol. The molecular formula is C34H46ClN3O8. The number of methoxy groups -OCH3 is 1. The van der Waals surface area contributed by atoms with Crippen LogP contribution in [0.2, 0.25) is 5.02 Å². The zero-order chi connectivity index (χ0) is 33.9. The van der Waals surface area contributed by atoms with Gasteiger partial charge in [-0.1, -0.05) is 55.8 Å². The van der Waals surface area contributed by atoms with Crippen LogP contribution in [-0.4, -0.2) is 79.6 Å². The van der Waals surface area contributed by atoms with Gasteiger partial charge in [0.2, 0.25) is 0 Å². The summed E-state index contributed by atoms with van der Waals surface area (Å²) in [6.07, 6.45) is 4.28. The van der Waals surface area contributed by atoms with E-state index >= 15 is 0 Å². The highest BCUT2D eigenvalue weighted by molar-refractivity contribution is 6.30. The smallest absolute Gasteiger partial charge is 0.410 e. The van der Waals surface area contributed by atoms with Crippen LogP contribution in [0.15, 0.2) is 42.5 Å². The Morgan fingerprint density at radius 2 is 1.72 bits per heavy atom. The first-order chi connectivity index (χ1) is 21.8. The van der Waals surface area contributed by atoms with E-state index in [1.165, 1.54) is 30.6 Å². The predicted octanol–water partition coefficient (Wildman–Crippen LogP) is 6.44. The summed E-state index contributed by atoms with van der Waals surface area (Å²) < 4.78 is 16.3. The Morgan fingerprint density at radius 1 is 1.02 bits per heavy atom. The second-order valence-corrected chi connectivity index (χ2v) is 13.1. The molecule has 1 aliphatic carbocycles. The summed E-state index contributed by atoms with van der Waals surface area (Å²) in [5.74, 6) is -1.29.